The SMILES string of the molecule is CCNC(=NCCC(C)C)NCCc1nc(C)no1.I. The summed E-state index contributed by atoms with van der Waals surface area (Å²) in [6.07, 6.45) is 1.80. The van der Waals surface area contributed by atoms with E-state index in [-0.39, 0.29) is 24.0 Å². The average Bonchev–Trinajstić information content (AvgIpc) is 2.74. The van der Waals surface area contributed by atoms with Crippen LogP contribution in [0, 0.1) is 12.8 Å². The van der Waals surface area contributed by atoms with Crippen LogP contribution < -0.4 is 10.6 Å². The predicted octanol–water partition coefficient (Wildman–Crippen LogP) is 2.14. The molecule has 20 heavy (non-hydrogen) atoms. The first-order chi connectivity index (χ1) is 9.11. The third kappa shape index (κ3) is 8.34. The first-order valence-corrected chi connectivity index (χ1v) is 6.93. The lowest BCUT2D eigenvalue weighted by Gasteiger charge is -2.10. The van der Waals surface area contributed by atoms with Crippen LogP contribution in [0.1, 0.15) is 38.9 Å². The molecule has 0 amide bonds. The number of aromatic nitrogens is 2. The van der Waals surface area contributed by atoms with Gasteiger partial charge in [0.25, 0.3) is 0 Å². The van der Waals surface area contributed by atoms with Crippen LogP contribution in [0.4, 0.5) is 0 Å². The first kappa shape index (κ1) is 19.1. The molecule has 6 nitrogen and oxygen atoms in total. The van der Waals surface area contributed by atoms with E-state index in [0.717, 1.165) is 32.0 Å². The Morgan fingerprint density at radius 2 is 2.10 bits per heavy atom. The number of guanidine groups is 1. The third-order valence-electron chi connectivity index (χ3n) is 2.52. The summed E-state index contributed by atoms with van der Waals surface area (Å²) in [5.74, 6) is 2.85. The van der Waals surface area contributed by atoms with E-state index in [4.69, 9.17) is 4.52 Å². The maximum Gasteiger partial charge on any atom is 0.228 e. The van der Waals surface area contributed by atoms with Crippen molar-refractivity contribution in [3.8, 4) is 0 Å². The molecule has 0 unspecified atom stereocenters. The molecular formula is C13H26IN5O. The summed E-state index contributed by atoms with van der Waals surface area (Å²) in [7, 11) is 0. The van der Waals surface area contributed by atoms with Crippen molar-refractivity contribution in [3.05, 3.63) is 11.7 Å². The van der Waals surface area contributed by atoms with E-state index in [2.05, 4.69) is 46.5 Å². The molecule has 1 aromatic rings. The lowest BCUT2D eigenvalue weighted by Crippen LogP contribution is -2.38. The van der Waals surface area contributed by atoms with Crippen molar-refractivity contribution in [1.29, 1.82) is 0 Å². The molecule has 116 valence electrons. The number of rotatable bonds is 7. The fourth-order valence-corrected chi connectivity index (χ4v) is 1.51. The topological polar surface area (TPSA) is 75.3 Å². The molecule has 0 saturated heterocycles. The Labute approximate surface area is 138 Å². The van der Waals surface area contributed by atoms with Crippen LogP contribution in [0.3, 0.4) is 0 Å². The fourth-order valence-electron chi connectivity index (χ4n) is 1.51. The normalized spacial score (nSPS) is 11.3. The van der Waals surface area contributed by atoms with Crippen molar-refractivity contribution in [3.63, 3.8) is 0 Å². The molecule has 0 bridgehead atoms. The number of halogens is 1. The van der Waals surface area contributed by atoms with Gasteiger partial charge in [-0.3, -0.25) is 4.99 Å². The van der Waals surface area contributed by atoms with E-state index in [1.54, 1.807) is 0 Å². The molecule has 0 aliphatic rings. The minimum atomic E-state index is 0. The Balaban J connectivity index is 0.00000361. The molecule has 7 heteroatoms. The Bertz CT molecular complexity index is 392. The van der Waals surface area contributed by atoms with Gasteiger partial charge in [-0.1, -0.05) is 19.0 Å². The molecule has 1 rings (SSSR count). The minimum absolute atomic E-state index is 0. The summed E-state index contributed by atoms with van der Waals surface area (Å²) in [6, 6.07) is 0. The smallest absolute Gasteiger partial charge is 0.228 e. The summed E-state index contributed by atoms with van der Waals surface area (Å²) in [4.78, 5) is 8.68. The Morgan fingerprint density at radius 1 is 1.35 bits per heavy atom. The standard InChI is InChI=1S/C13H25N5O.HI/c1-5-14-13(15-8-6-10(2)3)16-9-7-12-17-11(4)18-19-12;/h10H,5-9H2,1-4H3,(H2,14,15,16);1H. The van der Waals surface area contributed by atoms with Crippen LogP contribution in [0.25, 0.3) is 0 Å². The van der Waals surface area contributed by atoms with Crippen molar-refractivity contribution in [2.45, 2.75) is 40.5 Å². The highest BCUT2D eigenvalue weighted by atomic mass is 127. The minimum Gasteiger partial charge on any atom is -0.357 e. The lowest BCUT2D eigenvalue weighted by molar-refractivity contribution is 0.374. The highest BCUT2D eigenvalue weighted by molar-refractivity contribution is 14.0. The van der Waals surface area contributed by atoms with Gasteiger partial charge in [0.2, 0.25) is 5.89 Å². The van der Waals surface area contributed by atoms with Gasteiger partial charge >= 0.3 is 0 Å². The zero-order chi connectivity index (χ0) is 14.1. The van der Waals surface area contributed by atoms with Crippen molar-refractivity contribution >= 4 is 29.9 Å². The molecule has 0 saturated carbocycles. The maximum atomic E-state index is 5.06. The molecule has 0 aromatic carbocycles. The maximum absolute atomic E-state index is 5.06. The number of aryl methyl sites for hydroxylation is 1. The third-order valence-corrected chi connectivity index (χ3v) is 2.52. The molecule has 0 aliphatic carbocycles. The van der Waals surface area contributed by atoms with Gasteiger partial charge in [-0.25, -0.2) is 0 Å². The molecule has 0 aliphatic heterocycles. The summed E-state index contributed by atoms with van der Waals surface area (Å²) in [5.41, 5.74) is 0. The van der Waals surface area contributed by atoms with Gasteiger partial charge in [0.1, 0.15) is 0 Å². The van der Waals surface area contributed by atoms with Crippen LogP contribution in [0.2, 0.25) is 0 Å². The largest absolute Gasteiger partial charge is 0.357 e. The van der Waals surface area contributed by atoms with Crippen LogP contribution in [-0.4, -0.2) is 35.7 Å². The van der Waals surface area contributed by atoms with Gasteiger partial charge in [0.05, 0.1) is 0 Å². The van der Waals surface area contributed by atoms with Crippen molar-refractivity contribution < 1.29 is 4.52 Å². The predicted molar refractivity (Wildman–Crippen MR) is 91.6 cm³/mol. The molecule has 1 aromatic heterocycles. The Hall–Kier alpha value is -0.860. The number of hydrogen-bond donors (Lipinski definition) is 2. The van der Waals surface area contributed by atoms with Crippen LogP contribution in [0.5, 0.6) is 0 Å². The van der Waals surface area contributed by atoms with Crippen molar-refractivity contribution in [2.24, 2.45) is 10.9 Å². The van der Waals surface area contributed by atoms with Crippen LogP contribution >= 0.6 is 24.0 Å². The summed E-state index contributed by atoms with van der Waals surface area (Å²) in [5, 5.41) is 10.2. The summed E-state index contributed by atoms with van der Waals surface area (Å²) < 4.78 is 5.06. The molecule has 0 radical (unpaired) electrons. The second-order valence-corrected chi connectivity index (χ2v) is 4.86. The number of nitrogens with one attached hydrogen (secondary N) is 2. The second kappa shape index (κ2) is 10.9. The van der Waals surface area contributed by atoms with E-state index in [1.807, 2.05) is 6.92 Å². The number of hydrogen-bond acceptors (Lipinski definition) is 4. The van der Waals surface area contributed by atoms with Gasteiger partial charge in [-0.2, -0.15) is 4.98 Å². The van der Waals surface area contributed by atoms with E-state index in [9.17, 15) is 0 Å². The Morgan fingerprint density at radius 3 is 2.65 bits per heavy atom. The molecule has 2 N–H and O–H groups in total. The van der Waals surface area contributed by atoms with Crippen molar-refractivity contribution in [2.75, 3.05) is 19.6 Å². The summed E-state index contributed by atoms with van der Waals surface area (Å²) >= 11 is 0. The fraction of sp³-hybridized carbons (Fsp3) is 0.769. The number of nitrogens with zero attached hydrogens (tertiary/aromatic N) is 3. The first-order valence-electron chi connectivity index (χ1n) is 6.93. The van der Waals surface area contributed by atoms with Gasteiger partial charge in [0, 0.05) is 26.1 Å². The average molecular weight is 395 g/mol. The van der Waals surface area contributed by atoms with E-state index in [1.165, 1.54) is 0 Å². The highest BCUT2D eigenvalue weighted by Crippen LogP contribution is 1.98. The van der Waals surface area contributed by atoms with E-state index >= 15 is 0 Å². The number of aliphatic imine (C=N–C) groups is 1. The van der Waals surface area contributed by atoms with E-state index < -0.39 is 0 Å². The van der Waals surface area contributed by atoms with Crippen molar-refractivity contribution in [1.82, 2.24) is 20.8 Å². The van der Waals surface area contributed by atoms with Gasteiger partial charge in [0.15, 0.2) is 11.8 Å². The van der Waals surface area contributed by atoms with E-state index in [0.29, 0.717) is 24.1 Å². The zero-order valence-electron chi connectivity index (χ0n) is 12.8. The quantitative estimate of drug-likeness (QED) is 0.420. The van der Waals surface area contributed by atoms with Crippen LogP contribution in [-0.2, 0) is 6.42 Å². The van der Waals surface area contributed by atoms with Gasteiger partial charge in [-0.15, -0.1) is 24.0 Å². The van der Waals surface area contributed by atoms with Gasteiger partial charge in [-0.05, 0) is 26.2 Å². The molecule has 1 heterocycles. The highest BCUT2D eigenvalue weighted by Gasteiger charge is 2.03. The molecule has 0 fully saturated rings. The lowest BCUT2D eigenvalue weighted by atomic mass is 10.1. The summed E-state index contributed by atoms with van der Waals surface area (Å²) in [6.45, 7) is 10.7. The second-order valence-electron chi connectivity index (χ2n) is 4.86. The van der Waals surface area contributed by atoms with Gasteiger partial charge < -0.3 is 15.2 Å². The molecule has 0 atom stereocenters. The monoisotopic (exact) mass is 395 g/mol. The Kier molecular flexibility index (Phi) is 10.4. The molecular weight excluding hydrogens is 369 g/mol. The molecule has 0 spiro atoms. The van der Waals surface area contributed by atoms with Crippen LogP contribution in [0.15, 0.2) is 9.52 Å². The zero-order valence-corrected chi connectivity index (χ0v) is 15.1.